The van der Waals surface area contributed by atoms with Crippen LogP contribution in [-0.4, -0.2) is 17.6 Å². The Bertz CT molecular complexity index is 685. The summed E-state index contributed by atoms with van der Waals surface area (Å²) in [5.74, 6) is -0.323. The lowest BCUT2D eigenvalue weighted by Gasteiger charge is -2.12. The molecular weight excluding hydrogens is 323 g/mol. The lowest BCUT2D eigenvalue weighted by molar-refractivity contribution is -0.137. The molecule has 1 aromatic heterocycles. The number of benzene rings is 1. The van der Waals surface area contributed by atoms with Crippen LogP contribution in [0.25, 0.3) is 0 Å². The van der Waals surface area contributed by atoms with Crippen molar-refractivity contribution in [3.63, 3.8) is 0 Å². The van der Waals surface area contributed by atoms with E-state index in [1.165, 1.54) is 12.1 Å². The molecule has 5 nitrogen and oxygen atoms in total. The highest BCUT2D eigenvalue weighted by Crippen LogP contribution is 2.36. The molecule has 2 rings (SSSR count). The monoisotopic (exact) mass is 333 g/mol. The van der Waals surface area contributed by atoms with Gasteiger partial charge in [-0.05, 0) is 25.1 Å². The summed E-state index contributed by atoms with van der Waals surface area (Å²) in [6, 6.07) is 4.82. The molecule has 0 aliphatic heterocycles. The molecule has 0 fully saturated rings. The Kier molecular flexibility index (Phi) is 4.60. The minimum Gasteiger partial charge on any atom is -0.376 e. The lowest BCUT2D eigenvalue weighted by Crippen LogP contribution is -2.21. The van der Waals surface area contributed by atoms with Crippen LogP contribution in [0.4, 0.5) is 24.7 Å². The van der Waals surface area contributed by atoms with Crippen LogP contribution in [0.5, 0.6) is 0 Å². The summed E-state index contributed by atoms with van der Waals surface area (Å²) in [6.07, 6.45) is -4.56. The fraction of sp³-hybridized carbons (Fsp3) is 0.231. The first-order valence-corrected chi connectivity index (χ1v) is 6.47. The number of alkyl halides is 3. The van der Waals surface area contributed by atoms with E-state index < -0.39 is 22.7 Å². The molecule has 0 spiro atoms. The van der Waals surface area contributed by atoms with Crippen molar-refractivity contribution in [2.45, 2.75) is 13.1 Å². The molecule has 0 unspecified atom stereocenters. The zero-order valence-corrected chi connectivity index (χ0v) is 12.0. The maximum atomic E-state index is 12.7. The van der Waals surface area contributed by atoms with Crippen molar-refractivity contribution < 1.29 is 22.5 Å². The Labute approximate surface area is 128 Å². The van der Waals surface area contributed by atoms with Gasteiger partial charge in [0.1, 0.15) is 0 Å². The number of carbonyl (C=O) groups is 1. The topological polar surface area (TPSA) is 67.2 Å². The van der Waals surface area contributed by atoms with E-state index in [2.05, 4.69) is 15.8 Å². The molecule has 118 valence electrons. The molecule has 1 heterocycles. The molecule has 0 bridgehead atoms. The lowest BCUT2D eigenvalue weighted by atomic mass is 10.2. The smallest absolute Gasteiger partial charge is 0.376 e. The van der Waals surface area contributed by atoms with Crippen LogP contribution in [0.2, 0.25) is 5.02 Å². The summed E-state index contributed by atoms with van der Waals surface area (Å²) in [5.41, 5.74) is -0.248. The van der Waals surface area contributed by atoms with Gasteiger partial charge in [-0.15, -0.1) is 0 Å². The third-order valence-electron chi connectivity index (χ3n) is 2.62. The van der Waals surface area contributed by atoms with Crippen LogP contribution in [-0.2, 0) is 11.0 Å². The van der Waals surface area contributed by atoms with Gasteiger partial charge in [0.25, 0.3) is 0 Å². The zero-order chi connectivity index (χ0) is 16.3. The van der Waals surface area contributed by atoms with Gasteiger partial charge in [-0.1, -0.05) is 16.8 Å². The van der Waals surface area contributed by atoms with Gasteiger partial charge >= 0.3 is 6.18 Å². The predicted octanol–water partition coefficient (Wildman–Crippen LogP) is 3.71. The Balaban J connectivity index is 1.98. The van der Waals surface area contributed by atoms with Crippen LogP contribution in [0.3, 0.4) is 0 Å². The quantitative estimate of drug-likeness (QED) is 0.895. The molecule has 0 radical (unpaired) electrons. The van der Waals surface area contributed by atoms with E-state index in [-0.39, 0.29) is 18.1 Å². The summed E-state index contributed by atoms with van der Waals surface area (Å²) in [4.78, 5) is 11.6. The van der Waals surface area contributed by atoms with Gasteiger partial charge in [0, 0.05) is 11.8 Å². The number of nitrogens with one attached hydrogen (secondary N) is 2. The van der Waals surface area contributed by atoms with Crippen molar-refractivity contribution in [1.29, 1.82) is 0 Å². The predicted molar refractivity (Wildman–Crippen MR) is 74.8 cm³/mol. The van der Waals surface area contributed by atoms with Crippen LogP contribution in [0.15, 0.2) is 28.8 Å². The summed E-state index contributed by atoms with van der Waals surface area (Å²) in [6.45, 7) is 1.45. The highest BCUT2D eigenvalue weighted by atomic mass is 35.5. The molecular formula is C13H11ClF3N3O2. The van der Waals surface area contributed by atoms with E-state index in [0.29, 0.717) is 5.69 Å². The van der Waals surface area contributed by atoms with Crippen LogP contribution in [0, 0.1) is 6.92 Å². The SMILES string of the molecule is Cc1cc(NC(=O)CNc2ccc(Cl)c(C(F)(F)F)c2)on1. The van der Waals surface area contributed by atoms with Crippen molar-refractivity contribution in [3.8, 4) is 0 Å². The minimum absolute atomic E-state index is 0.126. The number of aryl methyl sites for hydroxylation is 1. The van der Waals surface area contributed by atoms with Gasteiger partial charge in [-0.25, -0.2) is 0 Å². The summed E-state index contributed by atoms with van der Waals surface area (Å²) >= 11 is 5.51. The Morgan fingerprint density at radius 3 is 2.68 bits per heavy atom. The van der Waals surface area contributed by atoms with Crippen molar-refractivity contribution in [2.75, 3.05) is 17.2 Å². The number of hydrogen-bond acceptors (Lipinski definition) is 4. The maximum absolute atomic E-state index is 12.7. The second-order valence-corrected chi connectivity index (χ2v) is 4.83. The molecule has 0 saturated carbocycles. The van der Waals surface area contributed by atoms with Gasteiger partial charge in [0.2, 0.25) is 11.8 Å². The number of carbonyl (C=O) groups excluding carboxylic acids is 1. The zero-order valence-electron chi connectivity index (χ0n) is 11.3. The first-order valence-electron chi connectivity index (χ1n) is 6.09. The number of rotatable bonds is 4. The summed E-state index contributed by atoms with van der Waals surface area (Å²) < 4.78 is 42.9. The van der Waals surface area contributed by atoms with Gasteiger partial charge in [0.15, 0.2) is 0 Å². The minimum atomic E-state index is -4.56. The van der Waals surface area contributed by atoms with Crippen LogP contribution >= 0.6 is 11.6 Å². The first kappa shape index (κ1) is 16.2. The van der Waals surface area contributed by atoms with E-state index in [4.69, 9.17) is 16.1 Å². The Hall–Kier alpha value is -2.22. The molecule has 22 heavy (non-hydrogen) atoms. The highest BCUT2D eigenvalue weighted by molar-refractivity contribution is 6.31. The number of nitrogens with zero attached hydrogens (tertiary/aromatic N) is 1. The maximum Gasteiger partial charge on any atom is 0.417 e. The van der Waals surface area contributed by atoms with E-state index in [0.717, 1.165) is 12.1 Å². The molecule has 2 N–H and O–H groups in total. The van der Waals surface area contributed by atoms with Crippen LogP contribution in [0.1, 0.15) is 11.3 Å². The fourth-order valence-corrected chi connectivity index (χ4v) is 1.86. The number of halogens is 4. The molecule has 1 aromatic carbocycles. The van der Waals surface area contributed by atoms with E-state index >= 15 is 0 Å². The van der Waals surface area contributed by atoms with Gasteiger partial charge in [-0.3, -0.25) is 10.1 Å². The molecule has 0 aliphatic rings. The number of anilines is 2. The second-order valence-electron chi connectivity index (χ2n) is 4.43. The third kappa shape index (κ3) is 4.14. The molecule has 0 atom stereocenters. The van der Waals surface area contributed by atoms with Crippen molar-refractivity contribution in [1.82, 2.24) is 5.16 Å². The summed E-state index contributed by atoms with van der Waals surface area (Å²) in [5, 5.41) is 8.17. The van der Waals surface area contributed by atoms with Gasteiger partial charge in [0.05, 0.1) is 22.8 Å². The average molecular weight is 334 g/mol. The standard InChI is InChI=1S/C13H11ClF3N3O2/c1-7-4-12(22-20-7)19-11(21)6-18-8-2-3-10(14)9(5-8)13(15,16)17/h2-5,18H,6H2,1H3,(H,19,21). The normalized spacial score (nSPS) is 11.3. The molecule has 1 amide bonds. The Morgan fingerprint density at radius 2 is 2.09 bits per heavy atom. The fourth-order valence-electron chi connectivity index (χ4n) is 1.64. The highest BCUT2D eigenvalue weighted by Gasteiger charge is 2.33. The number of amides is 1. The Morgan fingerprint density at radius 1 is 1.36 bits per heavy atom. The molecule has 0 aliphatic carbocycles. The number of hydrogen-bond donors (Lipinski definition) is 2. The second kappa shape index (κ2) is 6.27. The summed E-state index contributed by atoms with van der Waals surface area (Å²) in [7, 11) is 0. The van der Waals surface area contributed by atoms with Crippen LogP contribution < -0.4 is 10.6 Å². The molecule has 0 saturated heterocycles. The van der Waals surface area contributed by atoms with E-state index in [1.54, 1.807) is 6.92 Å². The number of aromatic nitrogens is 1. The largest absolute Gasteiger partial charge is 0.417 e. The van der Waals surface area contributed by atoms with E-state index in [1.807, 2.05) is 0 Å². The average Bonchev–Trinajstić information content (AvgIpc) is 2.82. The van der Waals surface area contributed by atoms with Crippen molar-refractivity contribution in [3.05, 3.63) is 40.5 Å². The van der Waals surface area contributed by atoms with Gasteiger partial charge in [-0.2, -0.15) is 13.2 Å². The van der Waals surface area contributed by atoms with Gasteiger partial charge < -0.3 is 9.84 Å². The molecule has 9 heteroatoms. The van der Waals surface area contributed by atoms with Crippen molar-refractivity contribution in [2.24, 2.45) is 0 Å². The van der Waals surface area contributed by atoms with Crippen molar-refractivity contribution >= 4 is 29.1 Å². The third-order valence-corrected chi connectivity index (χ3v) is 2.95. The first-order chi connectivity index (χ1) is 10.3. The van der Waals surface area contributed by atoms with E-state index in [9.17, 15) is 18.0 Å². The molecule has 2 aromatic rings.